The Morgan fingerprint density at radius 3 is 2.67 bits per heavy atom. The molecule has 1 fully saturated rings. The number of nitrogens with zero attached hydrogens (tertiary/aromatic N) is 1. The summed E-state index contributed by atoms with van der Waals surface area (Å²) in [5, 5.41) is 21.9. The van der Waals surface area contributed by atoms with Gasteiger partial charge >= 0.3 is 0 Å². The van der Waals surface area contributed by atoms with Crippen molar-refractivity contribution in [1.82, 2.24) is 0 Å². The van der Waals surface area contributed by atoms with Gasteiger partial charge in [0.1, 0.15) is 0 Å². The standard InChI is InChI=1S/C14H19N3O/c15-9-11-4-5-12(16)13(8-11)17-14(10-18)6-2-1-3-7-14/h4-5,8,17-18H,1-3,6-7,10,16H2. The average Bonchev–Trinajstić information content (AvgIpc) is 2.42. The van der Waals surface area contributed by atoms with Crippen LogP contribution in [-0.2, 0) is 0 Å². The van der Waals surface area contributed by atoms with E-state index in [2.05, 4.69) is 11.4 Å². The Labute approximate surface area is 107 Å². The Hall–Kier alpha value is -1.73. The van der Waals surface area contributed by atoms with Crippen LogP contribution in [0.3, 0.4) is 0 Å². The van der Waals surface area contributed by atoms with Crippen molar-refractivity contribution in [2.24, 2.45) is 0 Å². The number of aliphatic hydroxyl groups excluding tert-OH is 1. The minimum Gasteiger partial charge on any atom is -0.397 e. The summed E-state index contributed by atoms with van der Waals surface area (Å²) < 4.78 is 0. The van der Waals surface area contributed by atoms with Crippen molar-refractivity contribution in [2.75, 3.05) is 17.7 Å². The number of nitriles is 1. The molecule has 0 saturated heterocycles. The third-order valence-electron chi connectivity index (χ3n) is 3.70. The molecule has 0 atom stereocenters. The predicted octanol–water partition coefficient (Wildman–Crippen LogP) is 2.25. The summed E-state index contributed by atoms with van der Waals surface area (Å²) in [7, 11) is 0. The topological polar surface area (TPSA) is 82.1 Å². The van der Waals surface area contributed by atoms with Gasteiger partial charge in [-0.3, -0.25) is 0 Å². The smallest absolute Gasteiger partial charge is 0.0992 e. The molecule has 1 aromatic carbocycles. The van der Waals surface area contributed by atoms with Crippen molar-refractivity contribution < 1.29 is 5.11 Å². The number of nitrogens with two attached hydrogens (primary N) is 1. The van der Waals surface area contributed by atoms with Crippen LogP contribution in [0.25, 0.3) is 0 Å². The van der Waals surface area contributed by atoms with E-state index in [9.17, 15) is 5.11 Å². The molecule has 4 heteroatoms. The van der Waals surface area contributed by atoms with Crippen LogP contribution < -0.4 is 11.1 Å². The van der Waals surface area contributed by atoms with Gasteiger partial charge < -0.3 is 16.2 Å². The van der Waals surface area contributed by atoms with Crippen LogP contribution in [0.2, 0.25) is 0 Å². The number of benzene rings is 1. The molecule has 4 nitrogen and oxygen atoms in total. The second-order valence-corrected chi connectivity index (χ2v) is 5.04. The van der Waals surface area contributed by atoms with Gasteiger partial charge in [0.05, 0.1) is 35.2 Å². The fraction of sp³-hybridized carbons (Fsp3) is 0.500. The molecule has 18 heavy (non-hydrogen) atoms. The number of hydrogen-bond acceptors (Lipinski definition) is 4. The third-order valence-corrected chi connectivity index (χ3v) is 3.70. The highest BCUT2D eigenvalue weighted by Gasteiger charge is 2.31. The van der Waals surface area contributed by atoms with Gasteiger partial charge in [-0.2, -0.15) is 5.26 Å². The highest BCUT2D eigenvalue weighted by atomic mass is 16.3. The zero-order valence-corrected chi connectivity index (χ0v) is 10.4. The fourth-order valence-electron chi connectivity index (χ4n) is 2.57. The number of hydrogen-bond donors (Lipinski definition) is 3. The van der Waals surface area contributed by atoms with Crippen LogP contribution in [0.1, 0.15) is 37.7 Å². The molecule has 0 aliphatic heterocycles. The number of aliphatic hydroxyl groups is 1. The fourth-order valence-corrected chi connectivity index (χ4v) is 2.57. The van der Waals surface area contributed by atoms with Gasteiger partial charge in [0.25, 0.3) is 0 Å². The molecule has 0 unspecified atom stereocenters. The summed E-state index contributed by atoms with van der Waals surface area (Å²) in [5.41, 5.74) is 7.60. The first-order valence-corrected chi connectivity index (χ1v) is 6.38. The van der Waals surface area contributed by atoms with Gasteiger partial charge in [0.15, 0.2) is 0 Å². The molecule has 1 aromatic rings. The van der Waals surface area contributed by atoms with Crippen molar-refractivity contribution in [2.45, 2.75) is 37.6 Å². The summed E-state index contributed by atoms with van der Waals surface area (Å²) >= 11 is 0. The van der Waals surface area contributed by atoms with Gasteiger partial charge in [-0.25, -0.2) is 0 Å². The summed E-state index contributed by atoms with van der Waals surface area (Å²) in [5.74, 6) is 0. The Morgan fingerprint density at radius 1 is 1.33 bits per heavy atom. The normalized spacial score (nSPS) is 18.0. The monoisotopic (exact) mass is 245 g/mol. The summed E-state index contributed by atoms with van der Waals surface area (Å²) in [6.45, 7) is 0.100. The minimum absolute atomic E-state index is 0.100. The van der Waals surface area contributed by atoms with E-state index in [1.54, 1.807) is 18.2 Å². The van der Waals surface area contributed by atoms with Crippen molar-refractivity contribution in [1.29, 1.82) is 5.26 Å². The molecule has 0 heterocycles. The van der Waals surface area contributed by atoms with E-state index < -0.39 is 0 Å². The Morgan fingerprint density at radius 2 is 2.06 bits per heavy atom. The molecule has 96 valence electrons. The highest BCUT2D eigenvalue weighted by Crippen LogP contribution is 2.33. The largest absolute Gasteiger partial charge is 0.397 e. The second-order valence-electron chi connectivity index (χ2n) is 5.04. The van der Waals surface area contributed by atoms with E-state index >= 15 is 0 Å². The molecular weight excluding hydrogens is 226 g/mol. The van der Waals surface area contributed by atoms with Crippen molar-refractivity contribution >= 4 is 11.4 Å². The third kappa shape index (κ3) is 2.57. The van der Waals surface area contributed by atoms with Crippen molar-refractivity contribution in [3.8, 4) is 6.07 Å². The van der Waals surface area contributed by atoms with Gasteiger partial charge in [0.2, 0.25) is 0 Å². The van der Waals surface area contributed by atoms with Crippen molar-refractivity contribution in [3.63, 3.8) is 0 Å². The molecule has 1 aliphatic rings. The van der Waals surface area contributed by atoms with E-state index in [4.69, 9.17) is 11.0 Å². The molecule has 0 aromatic heterocycles. The summed E-state index contributed by atoms with van der Waals surface area (Å²) in [6, 6.07) is 7.29. The van der Waals surface area contributed by atoms with Gasteiger partial charge in [-0.1, -0.05) is 19.3 Å². The average molecular weight is 245 g/mol. The van der Waals surface area contributed by atoms with Gasteiger partial charge in [0, 0.05) is 0 Å². The van der Waals surface area contributed by atoms with E-state index in [1.165, 1.54) is 6.42 Å². The molecule has 0 spiro atoms. The van der Waals surface area contributed by atoms with E-state index in [1.807, 2.05) is 0 Å². The van der Waals surface area contributed by atoms with E-state index in [0.717, 1.165) is 31.4 Å². The van der Waals surface area contributed by atoms with Crippen LogP contribution in [0.4, 0.5) is 11.4 Å². The predicted molar refractivity (Wildman–Crippen MR) is 72.1 cm³/mol. The minimum atomic E-state index is -0.277. The van der Waals surface area contributed by atoms with Crippen LogP contribution in [0.5, 0.6) is 0 Å². The lowest BCUT2D eigenvalue weighted by atomic mass is 9.82. The Balaban J connectivity index is 2.24. The maximum Gasteiger partial charge on any atom is 0.0992 e. The highest BCUT2D eigenvalue weighted by molar-refractivity contribution is 5.69. The van der Waals surface area contributed by atoms with Gasteiger partial charge in [-0.05, 0) is 31.0 Å². The maximum atomic E-state index is 9.65. The SMILES string of the molecule is N#Cc1ccc(N)c(NC2(CO)CCCCC2)c1. The first-order valence-electron chi connectivity index (χ1n) is 6.38. The lowest BCUT2D eigenvalue weighted by molar-refractivity contribution is 0.173. The second kappa shape index (κ2) is 5.28. The molecule has 2 rings (SSSR count). The first-order chi connectivity index (χ1) is 8.69. The zero-order chi connectivity index (χ0) is 13.0. The van der Waals surface area contributed by atoms with Crippen molar-refractivity contribution in [3.05, 3.63) is 23.8 Å². The molecule has 1 saturated carbocycles. The molecular formula is C14H19N3O. The maximum absolute atomic E-state index is 9.65. The van der Waals surface area contributed by atoms with Crippen LogP contribution in [-0.4, -0.2) is 17.3 Å². The van der Waals surface area contributed by atoms with Crippen LogP contribution in [0.15, 0.2) is 18.2 Å². The zero-order valence-electron chi connectivity index (χ0n) is 10.4. The van der Waals surface area contributed by atoms with E-state index in [0.29, 0.717) is 11.3 Å². The quantitative estimate of drug-likeness (QED) is 0.713. The molecule has 0 bridgehead atoms. The molecule has 4 N–H and O–H groups in total. The lowest BCUT2D eigenvalue weighted by Crippen LogP contribution is -2.44. The summed E-state index contributed by atoms with van der Waals surface area (Å²) in [4.78, 5) is 0. The molecule has 0 radical (unpaired) electrons. The lowest BCUT2D eigenvalue weighted by Gasteiger charge is -2.37. The van der Waals surface area contributed by atoms with Crippen LogP contribution >= 0.6 is 0 Å². The number of nitrogens with one attached hydrogen (secondary N) is 1. The van der Waals surface area contributed by atoms with Gasteiger partial charge in [-0.15, -0.1) is 0 Å². The van der Waals surface area contributed by atoms with E-state index in [-0.39, 0.29) is 12.1 Å². The Kier molecular flexibility index (Phi) is 3.73. The van der Waals surface area contributed by atoms with Crippen LogP contribution in [0, 0.1) is 11.3 Å². The molecule has 1 aliphatic carbocycles. The number of rotatable bonds is 3. The first kappa shape index (κ1) is 12.7. The Bertz CT molecular complexity index is 459. The number of nitrogen functional groups attached to an aromatic ring is 1. The number of anilines is 2. The molecule has 0 amide bonds. The summed E-state index contributed by atoms with van der Waals surface area (Å²) in [6.07, 6.45) is 5.34.